The summed E-state index contributed by atoms with van der Waals surface area (Å²) < 4.78 is 5.15. The summed E-state index contributed by atoms with van der Waals surface area (Å²) in [7, 11) is -0.510. The standard InChI is InChI=1S/C7H12BClO2/c9-6-1-2-7-5(3-6)4-11-8(7)10/h5-7,10H,1-4H2/t5?,6?,7-/m1/s1. The van der Waals surface area contributed by atoms with Gasteiger partial charge in [-0.05, 0) is 24.6 Å². The molecule has 0 bridgehead atoms. The smallest absolute Gasteiger partial charge is 0.427 e. The first-order valence-electron chi connectivity index (χ1n) is 4.21. The van der Waals surface area contributed by atoms with E-state index in [1.165, 1.54) is 0 Å². The molecule has 2 rings (SSSR count). The molecule has 1 saturated heterocycles. The van der Waals surface area contributed by atoms with Crippen molar-refractivity contribution in [3.8, 4) is 0 Å². The number of hydrogen-bond acceptors (Lipinski definition) is 2. The molecule has 0 aromatic carbocycles. The summed E-state index contributed by atoms with van der Waals surface area (Å²) in [6.07, 6.45) is 3.08. The Hall–Kier alpha value is 0.275. The van der Waals surface area contributed by atoms with Crippen molar-refractivity contribution >= 4 is 18.7 Å². The monoisotopic (exact) mass is 174 g/mol. The molecule has 0 amide bonds. The zero-order valence-corrected chi connectivity index (χ0v) is 7.13. The van der Waals surface area contributed by atoms with Gasteiger partial charge in [0, 0.05) is 12.0 Å². The summed E-state index contributed by atoms with van der Waals surface area (Å²) in [6.45, 7) is 0.703. The van der Waals surface area contributed by atoms with Crippen LogP contribution in [-0.2, 0) is 4.65 Å². The number of halogens is 1. The highest BCUT2D eigenvalue weighted by Crippen LogP contribution is 2.42. The molecule has 1 heterocycles. The number of fused-ring (bicyclic) bond motifs is 1. The third kappa shape index (κ3) is 1.42. The van der Waals surface area contributed by atoms with Gasteiger partial charge in [0.25, 0.3) is 0 Å². The number of rotatable bonds is 0. The van der Waals surface area contributed by atoms with Gasteiger partial charge in [-0.3, -0.25) is 0 Å². The Bertz CT molecular complexity index is 155. The molecule has 2 aliphatic rings. The molecule has 0 spiro atoms. The van der Waals surface area contributed by atoms with Gasteiger partial charge in [0.15, 0.2) is 0 Å². The van der Waals surface area contributed by atoms with Crippen LogP contribution in [0.1, 0.15) is 19.3 Å². The lowest BCUT2D eigenvalue weighted by Gasteiger charge is -2.26. The largest absolute Gasteiger partial charge is 0.457 e. The van der Waals surface area contributed by atoms with Gasteiger partial charge in [-0.25, -0.2) is 0 Å². The zero-order valence-electron chi connectivity index (χ0n) is 6.37. The van der Waals surface area contributed by atoms with Crippen LogP contribution in [0.3, 0.4) is 0 Å². The maximum atomic E-state index is 9.35. The maximum absolute atomic E-state index is 9.35. The van der Waals surface area contributed by atoms with Crippen LogP contribution in [0.2, 0.25) is 5.82 Å². The Morgan fingerprint density at radius 1 is 1.45 bits per heavy atom. The molecule has 11 heavy (non-hydrogen) atoms. The lowest BCUT2D eigenvalue weighted by molar-refractivity contribution is 0.260. The molecule has 3 atom stereocenters. The van der Waals surface area contributed by atoms with E-state index in [1.807, 2.05) is 0 Å². The summed E-state index contributed by atoms with van der Waals surface area (Å²) >= 11 is 5.99. The summed E-state index contributed by atoms with van der Waals surface area (Å²) in [6, 6.07) is 0. The fourth-order valence-corrected chi connectivity index (χ4v) is 2.50. The van der Waals surface area contributed by atoms with E-state index in [9.17, 15) is 5.02 Å². The van der Waals surface area contributed by atoms with Crippen LogP contribution in [0.25, 0.3) is 0 Å². The van der Waals surface area contributed by atoms with Gasteiger partial charge < -0.3 is 9.68 Å². The van der Waals surface area contributed by atoms with Crippen molar-refractivity contribution in [3.63, 3.8) is 0 Å². The summed E-state index contributed by atoms with van der Waals surface area (Å²) in [5.41, 5.74) is 0. The van der Waals surface area contributed by atoms with E-state index in [0.29, 0.717) is 23.7 Å². The zero-order chi connectivity index (χ0) is 7.84. The van der Waals surface area contributed by atoms with E-state index in [-0.39, 0.29) is 0 Å². The van der Waals surface area contributed by atoms with E-state index < -0.39 is 7.12 Å². The fourth-order valence-electron chi connectivity index (χ4n) is 2.14. The van der Waals surface area contributed by atoms with Crippen molar-refractivity contribution in [2.75, 3.05) is 6.61 Å². The van der Waals surface area contributed by atoms with Gasteiger partial charge in [0.1, 0.15) is 0 Å². The van der Waals surface area contributed by atoms with E-state index in [2.05, 4.69) is 0 Å². The van der Waals surface area contributed by atoms with Crippen LogP contribution >= 0.6 is 11.6 Å². The van der Waals surface area contributed by atoms with Crippen LogP contribution < -0.4 is 0 Å². The van der Waals surface area contributed by atoms with Crippen LogP contribution in [0, 0.1) is 5.92 Å². The quantitative estimate of drug-likeness (QED) is 0.443. The minimum absolute atomic E-state index is 0.310. The van der Waals surface area contributed by atoms with Gasteiger partial charge in [-0.15, -0.1) is 11.6 Å². The van der Waals surface area contributed by atoms with E-state index in [0.717, 1.165) is 19.3 Å². The van der Waals surface area contributed by atoms with Crippen molar-refractivity contribution in [2.24, 2.45) is 5.92 Å². The van der Waals surface area contributed by atoms with Gasteiger partial charge in [-0.1, -0.05) is 6.42 Å². The van der Waals surface area contributed by atoms with Crippen LogP contribution in [0.5, 0.6) is 0 Å². The van der Waals surface area contributed by atoms with Crippen LogP contribution in [0.4, 0.5) is 0 Å². The first-order valence-corrected chi connectivity index (χ1v) is 4.65. The molecule has 0 radical (unpaired) electrons. The molecule has 2 fully saturated rings. The first-order chi connectivity index (χ1) is 5.27. The second-order valence-electron chi connectivity index (χ2n) is 3.56. The second-order valence-corrected chi connectivity index (χ2v) is 4.18. The minimum atomic E-state index is -0.510. The third-order valence-corrected chi connectivity index (χ3v) is 3.22. The highest BCUT2D eigenvalue weighted by molar-refractivity contribution is 6.45. The van der Waals surface area contributed by atoms with Crippen molar-refractivity contribution in [2.45, 2.75) is 30.5 Å². The predicted molar refractivity (Wildman–Crippen MR) is 44.7 cm³/mol. The van der Waals surface area contributed by atoms with E-state index in [4.69, 9.17) is 16.3 Å². The van der Waals surface area contributed by atoms with E-state index >= 15 is 0 Å². The number of hydrogen-bond donors (Lipinski definition) is 1. The van der Waals surface area contributed by atoms with E-state index in [1.54, 1.807) is 0 Å². The topological polar surface area (TPSA) is 29.5 Å². The Morgan fingerprint density at radius 3 is 3.09 bits per heavy atom. The highest BCUT2D eigenvalue weighted by Gasteiger charge is 2.43. The maximum Gasteiger partial charge on any atom is 0.457 e. The van der Waals surface area contributed by atoms with Crippen molar-refractivity contribution in [3.05, 3.63) is 0 Å². The molecule has 1 aliphatic heterocycles. The molecule has 1 N–H and O–H groups in total. The Morgan fingerprint density at radius 2 is 2.27 bits per heavy atom. The van der Waals surface area contributed by atoms with Gasteiger partial charge in [0.05, 0.1) is 0 Å². The normalized spacial score (nSPS) is 44.2. The lowest BCUT2D eigenvalue weighted by Crippen LogP contribution is -2.25. The molecule has 1 aliphatic carbocycles. The molecule has 62 valence electrons. The first kappa shape index (κ1) is 7.90. The van der Waals surface area contributed by atoms with Crippen LogP contribution in [-0.4, -0.2) is 24.1 Å². The van der Waals surface area contributed by atoms with Gasteiger partial charge in [0.2, 0.25) is 0 Å². The van der Waals surface area contributed by atoms with Crippen molar-refractivity contribution in [1.82, 2.24) is 0 Å². The fraction of sp³-hybridized carbons (Fsp3) is 1.00. The molecule has 2 nitrogen and oxygen atoms in total. The average molecular weight is 174 g/mol. The molecule has 0 aromatic heterocycles. The number of alkyl halides is 1. The SMILES string of the molecule is OB1OCC2CC(Cl)CC[C@@H]12. The third-order valence-electron chi connectivity index (χ3n) is 2.82. The van der Waals surface area contributed by atoms with Crippen molar-refractivity contribution in [1.29, 1.82) is 0 Å². The summed E-state index contributed by atoms with van der Waals surface area (Å²) in [5.74, 6) is 0.881. The minimum Gasteiger partial charge on any atom is -0.427 e. The highest BCUT2D eigenvalue weighted by atomic mass is 35.5. The van der Waals surface area contributed by atoms with Crippen molar-refractivity contribution < 1.29 is 9.68 Å². The van der Waals surface area contributed by atoms with Gasteiger partial charge >= 0.3 is 7.12 Å². The average Bonchev–Trinajstić information content (AvgIpc) is 2.32. The summed E-state index contributed by atoms with van der Waals surface area (Å²) in [4.78, 5) is 0. The molecular formula is C7H12BClO2. The Kier molecular flexibility index (Phi) is 2.13. The summed E-state index contributed by atoms with van der Waals surface area (Å²) in [5, 5.41) is 9.66. The second kappa shape index (κ2) is 2.96. The molecular weight excluding hydrogens is 162 g/mol. The molecule has 1 saturated carbocycles. The Labute approximate surface area is 72.0 Å². The molecule has 4 heteroatoms. The van der Waals surface area contributed by atoms with Gasteiger partial charge in [-0.2, -0.15) is 0 Å². The predicted octanol–water partition coefficient (Wildman–Crippen LogP) is 1.27. The van der Waals surface area contributed by atoms with Crippen LogP contribution in [0.15, 0.2) is 0 Å². The molecule has 2 unspecified atom stereocenters. The Balaban J connectivity index is 2.00. The molecule has 0 aromatic rings. The lowest BCUT2D eigenvalue weighted by atomic mass is 9.62.